The molecule has 0 saturated heterocycles. The highest BCUT2D eigenvalue weighted by molar-refractivity contribution is 6.73. The molecule has 0 spiro atoms. The predicted octanol–water partition coefficient (Wildman–Crippen LogP) is 11.2. The summed E-state index contributed by atoms with van der Waals surface area (Å²) in [5.41, 5.74) is 17.7. The van der Waals surface area contributed by atoms with Crippen molar-refractivity contribution in [2.45, 2.75) is 13.8 Å². The number of rotatable bonds is 4. The van der Waals surface area contributed by atoms with Crippen molar-refractivity contribution in [2.75, 3.05) is 5.32 Å². The van der Waals surface area contributed by atoms with Crippen molar-refractivity contribution in [1.82, 2.24) is 4.57 Å². The number of fused-ring (bicyclic) bond motifs is 10. The maximum absolute atomic E-state index is 6.49. The molecule has 0 amide bonds. The maximum atomic E-state index is 6.49. The third kappa shape index (κ3) is 4.28. The molecule has 52 heavy (non-hydrogen) atoms. The van der Waals surface area contributed by atoms with E-state index < -0.39 is 0 Å². The minimum Gasteiger partial charge on any atom is -0.456 e. The van der Waals surface area contributed by atoms with E-state index in [-0.39, 0.29) is 0 Å². The van der Waals surface area contributed by atoms with Crippen LogP contribution in [0.15, 0.2) is 156 Å². The van der Waals surface area contributed by atoms with Crippen molar-refractivity contribution in [1.29, 1.82) is 0 Å². The van der Waals surface area contributed by atoms with Gasteiger partial charge in [0.1, 0.15) is 11.2 Å². The van der Waals surface area contributed by atoms with Gasteiger partial charge in [-0.2, -0.15) is 0 Å². The highest BCUT2D eigenvalue weighted by Gasteiger charge is 2.30. The number of aromatic nitrogens is 1. The first-order chi connectivity index (χ1) is 25.6. The topological polar surface area (TPSA) is 30.1 Å². The molecule has 0 aliphatic carbocycles. The van der Waals surface area contributed by atoms with E-state index in [1.165, 1.54) is 77.0 Å². The van der Waals surface area contributed by atoms with Crippen molar-refractivity contribution in [3.05, 3.63) is 163 Å². The molecule has 1 aliphatic heterocycles. The van der Waals surface area contributed by atoms with Gasteiger partial charge in [-0.3, -0.25) is 0 Å². The number of furan rings is 1. The summed E-state index contributed by atoms with van der Waals surface area (Å²) in [4.78, 5) is 0. The van der Waals surface area contributed by atoms with E-state index in [1.807, 2.05) is 6.07 Å². The lowest BCUT2D eigenvalue weighted by atomic mass is 9.58. The zero-order chi connectivity index (χ0) is 34.5. The van der Waals surface area contributed by atoms with E-state index in [0.29, 0.717) is 0 Å². The number of aryl methyl sites for hydroxylation is 2. The van der Waals surface area contributed by atoms with Gasteiger partial charge in [-0.05, 0) is 89.2 Å². The Morgan fingerprint density at radius 3 is 2.19 bits per heavy atom. The lowest BCUT2D eigenvalue weighted by Gasteiger charge is -2.25. The molecule has 2 aromatic heterocycles. The van der Waals surface area contributed by atoms with E-state index in [2.05, 4.69) is 169 Å². The number of nitrogens with zero attached hydrogens (tertiary/aromatic N) is 1. The summed E-state index contributed by atoms with van der Waals surface area (Å²) in [6.07, 6.45) is 0. The number of nitrogens with one attached hydrogen (secondary N) is 1. The van der Waals surface area contributed by atoms with Gasteiger partial charge in [0, 0.05) is 50.1 Å². The Morgan fingerprint density at radius 1 is 0.558 bits per heavy atom. The molecule has 3 nitrogen and oxygen atoms in total. The average Bonchev–Trinajstić information content (AvgIpc) is 3.72. The first-order valence-corrected chi connectivity index (χ1v) is 18.1. The summed E-state index contributed by atoms with van der Waals surface area (Å²) >= 11 is 0. The van der Waals surface area contributed by atoms with Crippen molar-refractivity contribution in [3.63, 3.8) is 0 Å². The van der Waals surface area contributed by atoms with Crippen molar-refractivity contribution >= 4 is 84.1 Å². The summed E-state index contributed by atoms with van der Waals surface area (Å²) in [6.45, 7) is 4.33. The Bertz CT molecular complexity index is 3080. The van der Waals surface area contributed by atoms with Crippen LogP contribution in [0.25, 0.3) is 82.5 Å². The number of benzene rings is 8. The molecular formula is C48H33BN2O. The summed E-state index contributed by atoms with van der Waals surface area (Å²) < 4.78 is 9.04. The molecule has 8 aromatic carbocycles. The molecule has 11 rings (SSSR count). The van der Waals surface area contributed by atoms with Gasteiger partial charge in [-0.1, -0.05) is 120 Å². The second kappa shape index (κ2) is 11.0. The van der Waals surface area contributed by atoms with E-state index in [9.17, 15) is 0 Å². The maximum Gasteiger partial charge on any atom is 0.198 e. The van der Waals surface area contributed by atoms with Crippen molar-refractivity contribution in [3.8, 4) is 27.9 Å². The fourth-order valence-corrected chi connectivity index (χ4v) is 8.71. The monoisotopic (exact) mass is 664 g/mol. The zero-order valence-corrected chi connectivity index (χ0v) is 29.0. The van der Waals surface area contributed by atoms with E-state index in [0.717, 1.165) is 46.2 Å². The average molecular weight is 665 g/mol. The fraction of sp³-hybridized carbons (Fsp3) is 0.0417. The summed E-state index contributed by atoms with van der Waals surface area (Å²) in [5.74, 6) is 0. The van der Waals surface area contributed by atoms with Gasteiger partial charge in [0.15, 0.2) is 7.28 Å². The molecule has 0 fully saturated rings. The van der Waals surface area contributed by atoms with Gasteiger partial charge < -0.3 is 14.3 Å². The molecule has 0 saturated carbocycles. The number of hydrogen-bond acceptors (Lipinski definition) is 2. The van der Waals surface area contributed by atoms with Crippen LogP contribution in [0.1, 0.15) is 11.1 Å². The van der Waals surface area contributed by atoms with Crippen molar-refractivity contribution in [2.24, 2.45) is 0 Å². The summed E-state index contributed by atoms with van der Waals surface area (Å²) in [7, 11) is 0.834. The van der Waals surface area contributed by atoms with Gasteiger partial charge in [-0.15, -0.1) is 0 Å². The second-order valence-electron chi connectivity index (χ2n) is 14.3. The standard InChI is InChI=1S/C48H33BN2O/c1-28-16-20-32(21-17-28)50-40-27-44-37(34-14-8-9-15-43(34)52-44)26-36(40)38-25-35(30-10-4-3-5-11-30)46-45-33-13-7-6-12-31(33)19-23-42(45)51-41-22-18-29(2)24-39(41)49-47(38)48(46)51/h3-27,49-50H,1-2H3. The lowest BCUT2D eigenvalue weighted by Crippen LogP contribution is -2.37. The van der Waals surface area contributed by atoms with Crippen molar-refractivity contribution < 1.29 is 4.42 Å². The van der Waals surface area contributed by atoms with Crippen LogP contribution >= 0.6 is 0 Å². The number of para-hydroxylation sites is 1. The third-order valence-electron chi connectivity index (χ3n) is 11.1. The van der Waals surface area contributed by atoms with Gasteiger partial charge in [-0.25, -0.2) is 0 Å². The quantitative estimate of drug-likeness (QED) is 0.190. The molecular weight excluding hydrogens is 631 g/mol. The first-order valence-electron chi connectivity index (χ1n) is 18.1. The first kappa shape index (κ1) is 29.2. The van der Waals surface area contributed by atoms with Crippen LogP contribution in [0, 0.1) is 13.8 Å². The van der Waals surface area contributed by atoms with Crippen LogP contribution < -0.4 is 16.2 Å². The molecule has 1 aliphatic rings. The molecule has 10 aromatic rings. The van der Waals surface area contributed by atoms with Crippen LogP contribution in [0.4, 0.5) is 11.4 Å². The zero-order valence-electron chi connectivity index (χ0n) is 29.0. The van der Waals surface area contributed by atoms with Crippen LogP contribution in [0.3, 0.4) is 0 Å². The molecule has 0 atom stereocenters. The Labute approximate surface area is 302 Å². The summed E-state index contributed by atoms with van der Waals surface area (Å²) in [5, 5.41) is 11.2. The van der Waals surface area contributed by atoms with Crippen LogP contribution in [0.2, 0.25) is 0 Å². The minimum absolute atomic E-state index is 0.834. The minimum atomic E-state index is 0.834. The van der Waals surface area contributed by atoms with Gasteiger partial charge in [0.25, 0.3) is 0 Å². The van der Waals surface area contributed by atoms with E-state index in [4.69, 9.17) is 4.42 Å². The molecule has 1 N–H and O–H groups in total. The Hall–Kier alpha value is -6.52. The Kier molecular flexibility index (Phi) is 6.18. The second-order valence-corrected chi connectivity index (χ2v) is 14.3. The van der Waals surface area contributed by atoms with Crippen LogP contribution in [0.5, 0.6) is 0 Å². The number of hydrogen-bond donors (Lipinski definition) is 1. The van der Waals surface area contributed by atoms with Gasteiger partial charge >= 0.3 is 0 Å². The smallest absolute Gasteiger partial charge is 0.198 e. The van der Waals surface area contributed by atoms with E-state index in [1.54, 1.807) is 0 Å². The van der Waals surface area contributed by atoms with E-state index >= 15 is 0 Å². The highest BCUT2D eigenvalue weighted by atomic mass is 16.3. The molecule has 4 heteroatoms. The number of anilines is 2. The Balaban J connectivity index is 1.33. The Morgan fingerprint density at radius 2 is 1.33 bits per heavy atom. The van der Waals surface area contributed by atoms with Crippen LogP contribution in [-0.2, 0) is 0 Å². The predicted molar refractivity (Wildman–Crippen MR) is 222 cm³/mol. The lowest BCUT2D eigenvalue weighted by molar-refractivity contribution is 0.669. The molecule has 3 heterocycles. The van der Waals surface area contributed by atoms with Gasteiger partial charge in [0.05, 0.1) is 11.2 Å². The highest BCUT2D eigenvalue weighted by Crippen LogP contribution is 2.46. The fourth-order valence-electron chi connectivity index (χ4n) is 8.71. The SMILES string of the molecule is Cc1ccc(Nc2cc3oc4ccccc4c3cc2-c2cc(-c3ccccc3)c3c4c5ccccc5ccc4n4c3c2Bc2cc(C)ccc2-4)cc1. The third-order valence-corrected chi connectivity index (χ3v) is 11.1. The van der Waals surface area contributed by atoms with Gasteiger partial charge in [0.2, 0.25) is 0 Å². The van der Waals surface area contributed by atoms with Crippen LogP contribution in [-0.4, -0.2) is 11.8 Å². The molecule has 244 valence electrons. The largest absolute Gasteiger partial charge is 0.456 e. The molecule has 0 unspecified atom stereocenters. The normalized spacial score (nSPS) is 12.2. The molecule has 0 bridgehead atoms. The summed E-state index contributed by atoms with van der Waals surface area (Å²) in [6, 6.07) is 55.4. The molecule has 0 radical (unpaired) electrons.